The topological polar surface area (TPSA) is 45.5 Å². The molecule has 1 aliphatic rings. The van der Waals surface area contributed by atoms with Crippen LogP contribution in [0.15, 0.2) is 75.8 Å². The lowest BCUT2D eigenvalue weighted by Gasteiger charge is -2.34. The van der Waals surface area contributed by atoms with Crippen molar-refractivity contribution in [3.63, 3.8) is 0 Å². The third-order valence-electron chi connectivity index (χ3n) is 5.05. The highest BCUT2D eigenvalue weighted by Crippen LogP contribution is 2.28. The first-order valence-electron chi connectivity index (χ1n) is 9.09. The van der Waals surface area contributed by atoms with E-state index in [1.165, 1.54) is 11.1 Å². The third-order valence-corrected chi connectivity index (χ3v) is 5.74. The summed E-state index contributed by atoms with van der Waals surface area (Å²) >= 11 is 3.45. The molecule has 138 valence electrons. The molecule has 4 nitrogen and oxygen atoms in total. The number of benzene rings is 2. The van der Waals surface area contributed by atoms with Crippen molar-refractivity contribution in [2.75, 3.05) is 13.1 Å². The number of nitrogens with zero attached hydrogens (tertiary/aromatic N) is 1. The summed E-state index contributed by atoms with van der Waals surface area (Å²) in [5.41, 5.74) is 3.39. The van der Waals surface area contributed by atoms with Crippen molar-refractivity contribution in [3.05, 3.63) is 93.9 Å². The first kappa shape index (κ1) is 18.0. The summed E-state index contributed by atoms with van der Waals surface area (Å²) in [4.78, 5) is 15.0. The van der Waals surface area contributed by atoms with Crippen molar-refractivity contribution < 1.29 is 9.21 Å². The quantitative estimate of drug-likeness (QED) is 0.652. The Balaban J connectivity index is 1.51. The van der Waals surface area contributed by atoms with E-state index in [1.54, 1.807) is 6.26 Å². The van der Waals surface area contributed by atoms with Gasteiger partial charge in [-0.1, -0.05) is 36.4 Å². The molecule has 1 atom stereocenters. The lowest BCUT2D eigenvalue weighted by molar-refractivity contribution is 0.0918. The van der Waals surface area contributed by atoms with E-state index in [1.807, 2.05) is 36.4 Å². The maximum Gasteiger partial charge on any atom is 0.252 e. The van der Waals surface area contributed by atoms with Crippen LogP contribution in [-0.2, 0) is 13.0 Å². The van der Waals surface area contributed by atoms with Crippen LogP contribution in [0.4, 0.5) is 0 Å². The minimum atomic E-state index is -0.0866. The van der Waals surface area contributed by atoms with Crippen LogP contribution in [0.1, 0.15) is 33.3 Å². The summed E-state index contributed by atoms with van der Waals surface area (Å²) in [7, 11) is 0. The van der Waals surface area contributed by atoms with Crippen LogP contribution in [0.3, 0.4) is 0 Å². The Labute approximate surface area is 167 Å². The average molecular weight is 425 g/mol. The van der Waals surface area contributed by atoms with Crippen LogP contribution < -0.4 is 5.32 Å². The standard InChI is InChI=1S/C22H21BrN2O2/c23-19-9-4-3-8-18(19)22(26)24-14-20(21-10-5-13-27-21)25-12-11-16-6-1-2-7-17(16)15-25/h1-10,13,20H,11-12,14-15H2,(H,24,26)/t20-/m1/s1. The molecule has 0 unspecified atom stereocenters. The van der Waals surface area contributed by atoms with Gasteiger partial charge in [0, 0.05) is 24.1 Å². The predicted octanol–water partition coefficient (Wildman–Crippen LogP) is 4.57. The molecule has 5 heteroatoms. The fourth-order valence-corrected chi connectivity index (χ4v) is 4.07. The molecular weight excluding hydrogens is 404 g/mol. The van der Waals surface area contributed by atoms with Gasteiger partial charge in [-0.05, 0) is 57.7 Å². The first-order valence-corrected chi connectivity index (χ1v) is 9.88. The van der Waals surface area contributed by atoms with E-state index in [9.17, 15) is 4.79 Å². The van der Waals surface area contributed by atoms with Crippen LogP contribution in [-0.4, -0.2) is 23.9 Å². The van der Waals surface area contributed by atoms with Crippen molar-refractivity contribution in [1.82, 2.24) is 10.2 Å². The molecule has 1 aromatic heterocycles. The van der Waals surface area contributed by atoms with Gasteiger partial charge in [0.25, 0.3) is 5.91 Å². The second-order valence-corrected chi connectivity index (χ2v) is 7.56. The number of halogens is 1. The zero-order valence-corrected chi connectivity index (χ0v) is 16.5. The Bertz CT molecular complexity index is 924. The van der Waals surface area contributed by atoms with E-state index in [-0.39, 0.29) is 11.9 Å². The second kappa shape index (κ2) is 8.11. The Morgan fingerprint density at radius 2 is 1.85 bits per heavy atom. The Morgan fingerprint density at radius 3 is 2.63 bits per heavy atom. The van der Waals surface area contributed by atoms with Gasteiger partial charge in [-0.15, -0.1) is 0 Å². The average Bonchev–Trinajstić information content (AvgIpc) is 3.23. The van der Waals surface area contributed by atoms with Gasteiger partial charge in [0.15, 0.2) is 0 Å². The second-order valence-electron chi connectivity index (χ2n) is 6.71. The maximum absolute atomic E-state index is 12.6. The number of hydrogen-bond acceptors (Lipinski definition) is 3. The number of nitrogens with one attached hydrogen (secondary N) is 1. The van der Waals surface area contributed by atoms with E-state index < -0.39 is 0 Å². The van der Waals surface area contributed by atoms with Crippen LogP contribution in [0, 0.1) is 0 Å². The van der Waals surface area contributed by atoms with Crippen molar-refractivity contribution in [2.24, 2.45) is 0 Å². The normalized spacial score (nSPS) is 15.1. The number of hydrogen-bond donors (Lipinski definition) is 1. The molecule has 0 spiro atoms. The molecule has 0 fully saturated rings. The number of carbonyl (C=O) groups is 1. The molecule has 0 bridgehead atoms. The number of amides is 1. The molecule has 1 amide bonds. The van der Waals surface area contributed by atoms with E-state index in [2.05, 4.69) is 50.4 Å². The van der Waals surface area contributed by atoms with E-state index >= 15 is 0 Å². The summed E-state index contributed by atoms with van der Waals surface area (Å²) < 4.78 is 6.49. The summed E-state index contributed by atoms with van der Waals surface area (Å²) in [6.07, 6.45) is 2.70. The predicted molar refractivity (Wildman–Crippen MR) is 108 cm³/mol. The van der Waals surface area contributed by atoms with Gasteiger partial charge in [-0.25, -0.2) is 0 Å². The van der Waals surface area contributed by atoms with Gasteiger partial charge in [0.2, 0.25) is 0 Å². The Morgan fingerprint density at radius 1 is 1.07 bits per heavy atom. The van der Waals surface area contributed by atoms with Crippen molar-refractivity contribution >= 4 is 21.8 Å². The molecule has 0 radical (unpaired) electrons. The molecular formula is C22H21BrN2O2. The SMILES string of the molecule is O=C(NC[C@H](c1ccco1)N1CCc2ccccc2C1)c1ccccc1Br. The number of furan rings is 1. The molecule has 0 saturated heterocycles. The van der Waals surface area contributed by atoms with Crippen LogP contribution >= 0.6 is 15.9 Å². The van der Waals surface area contributed by atoms with Gasteiger partial charge in [0.1, 0.15) is 5.76 Å². The van der Waals surface area contributed by atoms with Gasteiger partial charge < -0.3 is 9.73 Å². The van der Waals surface area contributed by atoms with Crippen molar-refractivity contribution in [3.8, 4) is 0 Å². The van der Waals surface area contributed by atoms with Crippen LogP contribution in [0.2, 0.25) is 0 Å². The Kier molecular flexibility index (Phi) is 5.41. The number of rotatable bonds is 5. The zero-order valence-electron chi connectivity index (χ0n) is 14.9. The van der Waals surface area contributed by atoms with Crippen molar-refractivity contribution in [2.45, 2.75) is 19.0 Å². The minimum absolute atomic E-state index is 0.000191. The third kappa shape index (κ3) is 3.99. The van der Waals surface area contributed by atoms with Gasteiger partial charge in [-0.2, -0.15) is 0 Å². The highest BCUT2D eigenvalue weighted by molar-refractivity contribution is 9.10. The van der Waals surface area contributed by atoms with Gasteiger partial charge in [-0.3, -0.25) is 9.69 Å². The molecule has 1 aliphatic heterocycles. The summed E-state index contributed by atoms with van der Waals surface area (Å²) in [6, 6.07) is 19.9. The molecule has 1 N–H and O–H groups in total. The molecule has 0 saturated carbocycles. The number of fused-ring (bicyclic) bond motifs is 1. The van der Waals surface area contributed by atoms with E-state index in [0.29, 0.717) is 12.1 Å². The summed E-state index contributed by atoms with van der Waals surface area (Å²) in [6.45, 7) is 2.29. The summed E-state index contributed by atoms with van der Waals surface area (Å²) in [5.74, 6) is 0.790. The fraction of sp³-hybridized carbons (Fsp3) is 0.227. The first-order chi connectivity index (χ1) is 13.2. The minimum Gasteiger partial charge on any atom is -0.468 e. The Hall–Kier alpha value is -2.37. The largest absolute Gasteiger partial charge is 0.468 e. The van der Waals surface area contributed by atoms with Crippen LogP contribution in [0.25, 0.3) is 0 Å². The fourth-order valence-electron chi connectivity index (χ4n) is 3.60. The van der Waals surface area contributed by atoms with E-state index in [4.69, 9.17) is 4.42 Å². The molecule has 2 heterocycles. The maximum atomic E-state index is 12.6. The van der Waals surface area contributed by atoms with Gasteiger partial charge in [0.05, 0.1) is 17.9 Å². The number of carbonyl (C=O) groups excluding carboxylic acids is 1. The molecule has 3 aromatic rings. The lowest BCUT2D eigenvalue weighted by Crippen LogP contribution is -2.40. The van der Waals surface area contributed by atoms with Gasteiger partial charge >= 0.3 is 0 Å². The van der Waals surface area contributed by atoms with Crippen molar-refractivity contribution in [1.29, 1.82) is 0 Å². The molecule has 2 aromatic carbocycles. The molecule has 27 heavy (non-hydrogen) atoms. The molecule has 4 rings (SSSR count). The van der Waals surface area contributed by atoms with E-state index in [0.717, 1.165) is 29.7 Å². The highest BCUT2D eigenvalue weighted by atomic mass is 79.9. The smallest absolute Gasteiger partial charge is 0.252 e. The lowest BCUT2D eigenvalue weighted by atomic mass is 9.98. The van der Waals surface area contributed by atoms with Crippen LogP contribution in [0.5, 0.6) is 0 Å². The monoisotopic (exact) mass is 424 g/mol. The molecule has 0 aliphatic carbocycles. The zero-order chi connectivity index (χ0) is 18.6. The highest BCUT2D eigenvalue weighted by Gasteiger charge is 2.27. The summed E-state index contributed by atoms with van der Waals surface area (Å²) in [5, 5.41) is 3.08.